The third-order valence-corrected chi connectivity index (χ3v) is 3.37. The van der Waals surface area contributed by atoms with Crippen LogP contribution in [0.4, 0.5) is 11.8 Å². The summed E-state index contributed by atoms with van der Waals surface area (Å²) in [5, 5.41) is 3.83. The highest BCUT2D eigenvalue weighted by atomic mass is 35.5. The molecule has 16 heavy (non-hydrogen) atoms. The van der Waals surface area contributed by atoms with E-state index in [0.29, 0.717) is 22.8 Å². The predicted octanol–water partition coefficient (Wildman–Crippen LogP) is 2.02. The molecule has 0 saturated heterocycles. The van der Waals surface area contributed by atoms with E-state index in [1.54, 1.807) is 6.20 Å². The molecule has 0 amide bonds. The minimum absolute atomic E-state index is 0.368. The molecule has 1 atom stereocenters. The fourth-order valence-electron chi connectivity index (χ4n) is 1.81. The molecule has 1 fully saturated rings. The second-order valence-electron chi connectivity index (χ2n) is 4.16. The summed E-state index contributed by atoms with van der Waals surface area (Å²) in [5.74, 6) is 6.98. The Morgan fingerprint density at radius 3 is 2.88 bits per heavy atom. The quantitative estimate of drug-likeness (QED) is 0.555. The zero-order valence-corrected chi connectivity index (χ0v) is 9.96. The van der Waals surface area contributed by atoms with Gasteiger partial charge in [-0.1, -0.05) is 18.0 Å². The van der Waals surface area contributed by atoms with E-state index < -0.39 is 0 Å². The molecule has 0 bridgehead atoms. The molecular weight excluding hydrogens is 226 g/mol. The molecule has 2 rings (SSSR count). The SMILES string of the molecule is CC(Nc1nc(NN)ncc1Cl)C1CCC1. The maximum Gasteiger partial charge on any atom is 0.239 e. The molecule has 0 aromatic carbocycles. The first-order valence-corrected chi connectivity index (χ1v) is 5.84. The van der Waals surface area contributed by atoms with Gasteiger partial charge in [-0.2, -0.15) is 4.98 Å². The van der Waals surface area contributed by atoms with E-state index in [0.717, 1.165) is 5.92 Å². The van der Waals surface area contributed by atoms with Crippen LogP contribution in [0.15, 0.2) is 6.20 Å². The van der Waals surface area contributed by atoms with Crippen LogP contribution < -0.4 is 16.6 Å². The molecule has 6 heteroatoms. The number of rotatable bonds is 4. The first-order chi connectivity index (χ1) is 7.70. The van der Waals surface area contributed by atoms with Crippen LogP contribution in [0.1, 0.15) is 26.2 Å². The molecule has 1 saturated carbocycles. The van der Waals surface area contributed by atoms with Crippen molar-refractivity contribution >= 4 is 23.4 Å². The van der Waals surface area contributed by atoms with Crippen LogP contribution in [0.3, 0.4) is 0 Å². The molecular formula is C10H16ClN5. The van der Waals surface area contributed by atoms with Crippen molar-refractivity contribution in [1.29, 1.82) is 0 Å². The minimum Gasteiger partial charge on any atom is -0.366 e. The molecule has 1 aromatic rings. The van der Waals surface area contributed by atoms with Gasteiger partial charge in [0, 0.05) is 6.04 Å². The lowest BCUT2D eigenvalue weighted by Gasteiger charge is -2.32. The van der Waals surface area contributed by atoms with Crippen molar-refractivity contribution in [3.05, 3.63) is 11.2 Å². The topological polar surface area (TPSA) is 75.9 Å². The van der Waals surface area contributed by atoms with Gasteiger partial charge in [0.05, 0.1) is 6.20 Å². The summed E-state index contributed by atoms with van der Waals surface area (Å²) in [7, 11) is 0. The van der Waals surface area contributed by atoms with Gasteiger partial charge in [-0.05, 0) is 25.7 Å². The monoisotopic (exact) mass is 241 g/mol. The third kappa shape index (κ3) is 2.36. The molecule has 1 aromatic heterocycles. The van der Waals surface area contributed by atoms with Gasteiger partial charge in [0.2, 0.25) is 5.95 Å². The molecule has 0 spiro atoms. The molecule has 1 aliphatic rings. The number of hydrazine groups is 1. The number of nitrogen functional groups attached to an aromatic ring is 1. The highest BCUT2D eigenvalue weighted by Crippen LogP contribution is 2.31. The van der Waals surface area contributed by atoms with Crippen molar-refractivity contribution in [1.82, 2.24) is 9.97 Å². The van der Waals surface area contributed by atoms with E-state index in [1.165, 1.54) is 19.3 Å². The minimum atomic E-state index is 0.368. The zero-order chi connectivity index (χ0) is 11.5. The molecule has 0 aliphatic heterocycles. The summed E-state index contributed by atoms with van der Waals surface area (Å²) in [6.07, 6.45) is 5.42. The Hall–Kier alpha value is -1.07. The van der Waals surface area contributed by atoms with E-state index in [9.17, 15) is 0 Å². The maximum atomic E-state index is 6.01. The van der Waals surface area contributed by atoms with Gasteiger partial charge in [0.15, 0.2) is 5.82 Å². The lowest BCUT2D eigenvalue weighted by Crippen LogP contribution is -2.31. The second-order valence-corrected chi connectivity index (χ2v) is 4.57. The van der Waals surface area contributed by atoms with Crippen LogP contribution in [0.5, 0.6) is 0 Å². The standard InChI is InChI=1S/C10H16ClN5/c1-6(7-3-2-4-7)14-9-8(11)5-13-10(15-9)16-12/h5-7H,2-4,12H2,1H3,(H2,13,14,15,16). The highest BCUT2D eigenvalue weighted by Gasteiger charge is 2.24. The van der Waals surface area contributed by atoms with Gasteiger partial charge in [-0.15, -0.1) is 0 Å². The Bertz CT molecular complexity index is 366. The number of nitrogens with two attached hydrogens (primary N) is 1. The number of anilines is 2. The number of nitrogens with zero attached hydrogens (tertiary/aromatic N) is 2. The molecule has 1 unspecified atom stereocenters. The van der Waals surface area contributed by atoms with E-state index in [1.807, 2.05) is 0 Å². The van der Waals surface area contributed by atoms with Crippen molar-refractivity contribution in [2.24, 2.45) is 11.8 Å². The van der Waals surface area contributed by atoms with Crippen LogP contribution in [0, 0.1) is 5.92 Å². The Labute approximate surface area is 99.8 Å². The molecule has 0 radical (unpaired) electrons. The van der Waals surface area contributed by atoms with Crippen molar-refractivity contribution in [2.75, 3.05) is 10.7 Å². The van der Waals surface area contributed by atoms with Crippen molar-refractivity contribution in [3.8, 4) is 0 Å². The number of hydrogen-bond acceptors (Lipinski definition) is 5. The largest absolute Gasteiger partial charge is 0.366 e. The molecule has 88 valence electrons. The van der Waals surface area contributed by atoms with Crippen LogP contribution in [-0.4, -0.2) is 16.0 Å². The van der Waals surface area contributed by atoms with Crippen LogP contribution in [-0.2, 0) is 0 Å². The van der Waals surface area contributed by atoms with Crippen molar-refractivity contribution in [2.45, 2.75) is 32.2 Å². The highest BCUT2D eigenvalue weighted by molar-refractivity contribution is 6.32. The summed E-state index contributed by atoms with van der Waals surface area (Å²) in [6.45, 7) is 2.15. The Morgan fingerprint density at radius 2 is 2.31 bits per heavy atom. The second kappa shape index (κ2) is 4.84. The average molecular weight is 242 g/mol. The summed E-state index contributed by atoms with van der Waals surface area (Å²) < 4.78 is 0. The first-order valence-electron chi connectivity index (χ1n) is 5.46. The fraction of sp³-hybridized carbons (Fsp3) is 0.600. The summed E-state index contributed by atoms with van der Waals surface area (Å²) in [4.78, 5) is 8.11. The lowest BCUT2D eigenvalue weighted by molar-refractivity contribution is 0.285. The van der Waals surface area contributed by atoms with E-state index in [-0.39, 0.29) is 0 Å². The summed E-state index contributed by atoms with van der Waals surface area (Å²) >= 11 is 6.01. The molecule has 1 heterocycles. The maximum absolute atomic E-state index is 6.01. The van der Waals surface area contributed by atoms with E-state index in [4.69, 9.17) is 17.4 Å². The third-order valence-electron chi connectivity index (χ3n) is 3.09. The normalized spacial score (nSPS) is 17.7. The molecule has 1 aliphatic carbocycles. The number of nitrogens with one attached hydrogen (secondary N) is 2. The van der Waals surface area contributed by atoms with Crippen molar-refractivity contribution in [3.63, 3.8) is 0 Å². The van der Waals surface area contributed by atoms with Gasteiger partial charge < -0.3 is 5.32 Å². The number of hydrogen-bond donors (Lipinski definition) is 3. The smallest absolute Gasteiger partial charge is 0.239 e. The van der Waals surface area contributed by atoms with Gasteiger partial charge >= 0.3 is 0 Å². The lowest BCUT2D eigenvalue weighted by atomic mass is 9.80. The number of aromatic nitrogens is 2. The van der Waals surface area contributed by atoms with Crippen LogP contribution >= 0.6 is 11.6 Å². The first kappa shape index (κ1) is 11.4. The average Bonchev–Trinajstić information content (AvgIpc) is 2.18. The van der Waals surface area contributed by atoms with E-state index in [2.05, 4.69) is 27.6 Å². The van der Waals surface area contributed by atoms with Gasteiger partial charge in [0.25, 0.3) is 0 Å². The van der Waals surface area contributed by atoms with Gasteiger partial charge in [-0.3, -0.25) is 5.43 Å². The fourth-order valence-corrected chi connectivity index (χ4v) is 1.96. The Morgan fingerprint density at radius 1 is 1.56 bits per heavy atom. The molecule has 4 N–H and O–H groups in total. The summed E-state index contributed by atoms with van der Waals surface area (Å²) in [6, 6.07) is 0.381. The van der Waals surface area contributed by atoms with Gasteiger partial charge in [0.1, 0.15) is 5.02 Å². The predicted molar refractivity (Wildman–Crippen MR) is 65.3 cm³/mol. The Balaban J connectivity index is 2.06. The zero-order valence-electron chi connectivity index (χ0n) is 9.20. The summed E-state index contributed by atoms with van der Waals surface area (Å²) in [5.41, 5.74) is 2.40. The molecule has 5 nitrogen and oxygen atoms in total. The van der Waals surface area contributed by atoms with Gasteiger partial charge in [-0.25, -0.2) is 10.8 Å². The number of halogens is 1. The Kier molecular flexibility index (Phi) is 3.46. The van der Waals surface area contributed by atoms with Crippen LogP contribution in [0.25, 0.3) is 0 Å². The van der Waals surface area contributed by atoms with Crippen LogP contribution in [0.2, 0.25) is 5.02 Å². The van der Waals surface area contributed by atoms with E-state index >= 15 is 0 Å². The van der Waals surface area contributed by atoms with Crippen molar-refractivity contribution < 1.29 is 0 Å².